The molecule has 24 heavy (non-hydrogen) atoms. The van der Waals surface area contributed by atoms with Gasteiger partial charge in [0.2, 0.25) is 5.88 Å². The molecule has 1 heterocycles. The van der Waals surface area contributed by atoms with Crippen LogP contribution in [-0.4, -0.2) is 41.1 Å². The van der Waals surface area contributed by atoms with E-state index in [1.807, 2.05) is 18.2 Å². The van der Waals surface area contributed by atoms with Crippen LogP contribution in [0, 0.1) is 0 Å². The molecule has 4 nitrogen and oxygen atoms in total. The molecule has 4 heteroatoms. The molecule has 0 saturated heterocycles. The SMILES string of the molecule is CCN(CC)CCCOc1nc(-c2ccccc2)nc2c1CCC2. The second-order valence-corrected chi connectivity index (χ2v) is 6.23. The van der Waals surface area contributed by atoms with Crippen LogP contribution in [0.4, 0.5) is 0 Å². The van der Waals surface area contributed by atoms with Gasteiger partial charge in [-0.2, -0.15) is 4.98 Å². The molecule has 0 radical (unpaired) electrons. The highest BCUT2D eigenvalue weighted by atomic mass is 16.5. The highest BCUT2D eigenvalue weighted by molar-refractivity contribution is 5.56. The highest BCUT2D eigenvalue weighted by Gasteiger charge is 2.21. The van der Waals surface area contributed by atoms with E-state index in [1.165, 1.54) is 11.3 Å². The van der Waals surface area contributed by atoms with Crippen molar-refractivity contribution in [1.29, 1.82) is 0 Å². The molecule has 0 amide bonds. The van der Waals surface area contributed by atoms with Gasteiger partial charge in [-0.3, -0.25) is 0 Å². The Kier molecular flexibility index (Phi) is 5.81. The van der Waals surface area contributed by atoms with Gasteiger partial charge in [-0.1, -0.05) is 44.2 Å². The Morgan fingerprint density at radius 1 is 1.04 bits per heavy atom. The van der Waals surface area contributed by atoms with Crippen LogP contribution in [0.3, 0.4) is 0 Å². The van der Waals surface area contributed by atoms with E-state index >= 15 is 0 Å². The summed E-state index contributed by atoms with van der Waals surface area (Å²) in [4.78, 5) is 11.9. The predicted octanol–water partition coefficient (Wildman–Crippen LogP) is 3.74. The van der Waals surface area contributed by atoms with E-state index < -0.39 is 0 Å². The van der Waals surface area contributed by atoms with Gasteiger partial charge in [0.25, 0.3) is 0 Å². The summed E-state index contributed by atoms with van der Waals surface area (Å²) in [7, 11) is 0. The first-order chi connectivity index (χ1) is 11.8. The minimum Gasteiger partial charge on any atom is -0.477 e. The molecular formula is C20H27N3O. The Balaban J connectivity index is 1.71. The number of hydrogen-bond donors (Lipinski definition) is 0. The van der Waals surface area contributed by atoms with Crippen molar-refractivity contribution in [3.05, 3.63) is 41.6 Å². The molecule has 0 fully saturated rings. The third-order valence-corrected chi connectivity index (χ3v) is 4.68. The maximum atomic E-state index is 6.07. The normalized spacial score (nSPS) is 13.3. The average molecular weight is 325 g/mol. The van der Waals surface area contributed by atoms with Gasteiger partial charge >= 0.3 is 0 Å². The van der Waals surface area contributed by atoms with E-state index in [2.05, 4.69) is 30.9 Å². The van der Waals surface area contributed by atoms with Gasteiger partial charge in [0, 0.05) is 17.7 Å². The lowest BCUT2D eigenvalue weighted by Gasteiger charge is -2.18. The van der Waals surface area contributed by atoms with Crippen LogP contribution in [0.1, 0.15) is 37.9 Å². The first-order valence-corrected chi connectivity index (χ1v) is 9.12. The topological polar surface area (TPSA) is 38.2 Å². The van der Waals surface area contributed by atoms with Crippen molar-refractivity contribution >= 4 is 0 Å². The third kappa shape index (κ3) is 3.93. The summed E-state index contributed by atoms with van der Waals surface area (Å²) in [5.74, 6) is 1.59. The monoisotopic (exact) mass is 325 g/mol. The van der Waals surface area contributed by atoms with E-state index in [0.717, 1.165) is 62.6 Å². The summed E-state index contributed by atoms with van der Waals surface area (Å²) in [5, 5.41) is 0. The van der Waals surface area contributed by atoms with Gasteiger partial charge < -0.3 is 9.64 Å². The van der Waals surface area contributed by atoms with Crippen LogP contribution in [-0.2, 0) is 12.8 Å². The van der Waals surface area contributed by atoms with Crippen molar-refractivity contribution in [3.63, 3.8) is 0 Å². The number of fused-ring (bicyclic) bond motifs is 1. The Labute approximate surface area is 144 Å². The lowest BCUT2D eigenvalue weighted by Crippen LogP contribution is -2.25. The molecule has 0 bridgehead atoms. The van der Waals surface area contributed by atoms with E-state index in [4.69, 9.17) is 14.7 Å². The fourth-order valence-corrected chi connectivity index (χ4v) is 3.23. The maximum absolute atomic E-state index is 6.07. The Morgan fingerprint density at radius 3 is 2.58 bits per heavy atom. The largest absolute Gasteiger partial charge is 0.477 e. The fraction of sp³-hybridized carbons (Fsp3) is 0.500. The number of hydrogen-bond acceptors (Lipinski definition) is 4. The van der Waals surface area contributed by atoms with Gasteiger partial charge in [-0.25, -0.2) is 4.98 Å². The van der Waals surface area contributed by atoms with E-state index in [0.29, 0.717) is 6.61 Å². The molecule has 2 aromatic rings. The van der Waals surface area contributed by atoms with Crippen LogP contribution in [0.5, 0.6) is 5.88 Å². The van der Waals surface area contributed by atoms with E-state index in [9.17, 15) is 0 Å². The zero-order chi connectivity index (χ0) is 16.8. The quantitative estimate of drug-likeness (QED) is 0.693. The summed E-state index contributed by atoms with van der Waals surface area (Å²) >= 11 is 0. The molecule has 0 saturated carbocycles. The zero-order valence-electron chi connectivity index (χ0n) is 14.8. The molecule has 1 aromatic carbocycles. The van der Waals surface area contributed by atoms with Crippen molar-refractivity contribution in [2.45, 2.75) is 39.5 Å². The average Bonchev–Trinajstić information content (AvgIpc) is 3.11. The van der Waals surface area contributed by atoms with E-state index in [1.54, 1.807) is 0 Å². The second kappa shape index (κ2) is 8.25. The van der Waals surface area contributed by atoms with Crippen LogP contribution in [0.15, 0.2) is 30.3 Å². The smallest absolute Gasteiger partial charge is 0.220 e. The predicted molar refractivity (Wildman–Crippen MR) is 97.4 cm³/mol. The molecule has 0 spiro atoms. The molecule has 128 valence electrons. The molecule has 0 atom stereocenters. The Hall–Kier alpha value is -1.94. The molecule has 3 rings (SSSR count). The number of ether oxygens (including phenoxy) is 1. The molecule has 1 aliphatic rings. The van der Waals surface area contributed by atoms with Gasteiger partial charge in [-0.15, -0.1) is 0 Å². The van der Waals surface area contributed by atoms with Crippen LogP contribution >= 0.6 is 0 Å². The standard InChI is InChI=1S/C20H27N3O/c1-3-23(4-2)14-9-15-24-20-17-12-8-13-18(17)21-19(22-20)16-10-6-5-7-11-16/h5-7,10-11H,3-4,8-9,12-15H2,1-2H3. The Morgan fingerprint density at radius 2 is 1.83 bits per heavy atom. The van der Waals surface area contributed by atoms with Gasteiger partial charge in [0.1, 0.15) is 0 Å². The molecule has 0 N–H and O–H groups in total. The molecule has 0 unspecified atom stereocenters. The number of aryl methyl sites for hydroxylation is 1. The Bertz CT molecular complexity index is 653. The van der Waals surface area contributed by atoms with Crippen molar-refractivity contribution in [2.75, 3.05) is 26.2 Å². The summed E-state index contributed by atoms with van der Waals surface area (Å²) in [5.41, 5.74) is 3.44. The van der Waals surface area contributed by atoms with Crippen molar-refractivity contribution in [1.82, 2.24) is 14.9 Å². The summed E-state index contributed by atoms with van der Waals surface area (Å²) in [6.45, 7) is 8.39. The molecule has 1 aliphatic carbocycles. The number of benzene rings is 1. The molecule has 0 aliphatic heterocycles. The first kappa shape index (κ1) is 16.9. The highest BCUT2D eigenvalue weighted by Crippen LogP contribution is 2.30. The lowest BCUT2D eigenvalue weighted by molar-refractivity contribution is 0.243. The lowest BCUT2D eigenvalue weighted by atomic mass is 10.2. The van der Waals surface area contributed by atoms with Crippen LogP contribution in [0.25, 0.3) is 11.4 Å². The van der Waals surface area contributed by atoms with E-state index in [-0.39, 0.29) is 0 Å². The van der Waals surface area contributed by atoms with Gasteiger partial charge in [0.05, 0.1) is 12.3 Å². The summed E-state index contributed by atoms with van der Waals surface area (Å²) in [6.07, 6.45) is 4.25. The van der Waals surface area contributed by atoms with Crippen molar-refractivity contribution < 1.29 is 4.74 Å². The minimum atomic E-state index is 0.716. The van der Waals surface area contributed by atoms with Crippen LogP contribution < -0.4 is 4.74 Å². The maximum Gasteiger partial charge on any atom is 0.220 e. The number of aromatic nitrogens is 2. The van der Waals surface area contributed by atoms with Crippen molar-refractivity contribution in [2.24, 2.45) is 0 Å². The summed E-state index contributed by atoms with van der Waals surface area (Å²) in [6, 6.07) is 10.2. The number of rotatable bonds is 8. The van der Waals surface area contributed by atoms with Gasteiger partial charge in [-0.05, 0) is 38.8 Å². The molecular weight excluding hydrogens is 298 g/mol. The number of nitrogens with zero attached hydrogens (tertiary/aromatic N) is 3. The second-order valence-electron chi connectivity index (χ2n) is 6.23. The zero-order valence-corrected chi connectivity index (χ0v) is 14.8. The van der Waals surface area contributed by atoms with Gasteiger partial charge in [0.15, 0.2) is 5.82 Å². The first-order valence-electron chi connectivity index (χ1n) is 9.12. The minimum absolute atomic E-state index is 0.716. The molecule has 1 aromatic heterocycles. The van der Waals surface area contributed by atoms with Crippen molar-refractivity contribution in [3.8, 4) is 17.3 Å². The summed E-state index contributed by atoms with van der Waals surface area (Å²) < 4.78 is 6.07. The fourth-order valence-electron chi connectivity index (χ4n) is 3.23. The third-order valence-electron chi connectivity index (χ3n) is 4.68. The van der Waals surface area contributed by atoms with Crippen LogP contribution in [0.2, 0.25) is 0 Å².